The van der Waals surface area contributed by atoms with Crippen LogP contribution in [0.1, 0.15) is 44.0 Å². The summed E-state index contributed by atoms with van der Waals surface area (Å²) in [6.45, 7) is 7.98. The summed E-state index contributed by atoms with van der Waals surface area (Å²) in [5.74, 6) is -0.740. The first kappa shape index (κ1) is 23.1. The highest BCUT2D eigenvalue weighted by molar-refractivity contribution is 6.34. The Bertz CT molecular complexity index is 887. The number of nitrogens with zero attached hydrogens (tertiary/aromatic N) is 3. The molecule has 2 bridgehead atoms. The number of amides is 2. The molecular weight excluding hydrogens is 428 g/mol. The molecule has 0 aliphatic carbocycles. The maximum absolute atomic E-state index is 12.3. The molecule has 11 heteroatoms. The number of nitro benzene ring substituents is 1. The van der Waals surface area contributed by atoms with Gasteiger partial charge < -0.3 is 20.1 Å². The molecule has 2 N–H and O–H groups in total. The molecule has 3 rings (SSSR count). The van der Waals surface area contributed by atoms with Gasteiger partial charge in [-0.15, -0.1) is 0 Å². The molecule has 0 aromatic heterocycles. The molecule has 2 atom stereocenters. The summed E-state index contributed by atoms with van der Waals surface area (Å²) in [4.78, 5) is 38.3. The van der Waals surface area contributed by atoms with Gasteiger partial charge in [0.2, 0.25) is 5.91 Å². The van der Waals surface area contributed by atoms with Crippen molar-refractivity contribution in [2.24, 2.45) is 5.73 Å². The Balaban J connectivity index is 1.50. The molecule has 170 valence electrons. The fourth-order valence-electron chi connectivity index (χ4n) is 3.98. The van der Waals surface area contributed by atoms with Crippen LogP contribution in [0.2, 0.25) is 5.02 Å². The predicted octanol–water partition coefficient (Wildman–Crippen LogP) is 2.81. The molecule has 0 saturated carbocycles. The molecule has 1 aromatic carbocycles. The van der Waals surface area contributed by atoms with Crippen molar-refractivity contribution in [3.8, 4) is 5.75 Å². The van der Waals surface area contributed by atoms with Crippen molar-refractivity contribution in [2.45, 2.75) is 51.3 Å². The Labute approximate surface area is 185 Å². The third kappa shape index (κ3) is 5.37. The number of piperazine rings is 1. The van der Waals surface area contributed by atoms with E-state index < -0.39 is 22.1 Å². The van der Waals surface area contributed by atoms with E-state index in [1.165, 1.54) is 6.07 Å². The standard InChI is InChI=1S/C20H27ClN4O6/c1-20(2,3)31-19(27)24-11-13-9-14(24)10-23(13)5-4-6-30-16-8-12(18(22)26)7-15(17(16)21)25(28)29/h7-8,13-14H,4-6,9-11H2,1-3H3,(H2,22,26)/t13-,14-/m0/s1. The highest BCUT2D eigenvalue weighted by Crippen LogP contribution is 2.36. The number of benzene rings is 1. The van der Waals surface area contributed by atoms with Gasteiger partial charge in [0.15, 0.2) is 5.02 Å². The Morgan fingerprint density at radius 2 is 2.00 bits per heavy atom. The largest absolute Gasteiger partial charge is 0.492 e. The van der Waals surface area contributed by atoms with Crippen molar-refractivity contribution in [2.75, 3.05) is 26.2 Å². The Kier molecular flexibility index (Phi) is 6.61. The predicted molar refractivity (Wildman–Crippen MR) is 113 cm³/mol. The number of ether oxygens (including phenoxy) is 2. The van der Waals surface area contributed by atoms with Gasteiger partial charge in [-0.3, -0.25) is 19.8 Å². The zero-order valence-corrected chi connectivity index (χ0v) is 18.6. The third-order valence-electron chi connectivity index (χ3n) is 5.33. The van der Waals surface area contributed by atoms with Gasteiger partial charge in [0.1, 0.15) is 11.4 Å². The molecule has 2 amide bonds. The van der Waals surface area contributed by atoms with Gasteiger partial charge in [-0.25, -0.2) is 4.79 Å². The van der Waals surface area contributed by atoms with Gasteiger partial charge in [0.05, 0.1) is 11.5 Å². The minimum Gasteiger partial charge on any atom is -0.492 e. The van der Waals surface area contributed by atoms with Crippen molar-refractivity contribution >= 4 is 29.3 Å². The van der Waals surface area contributed by atoms with Crippen molar-refractivity contribution in [3.05, 3.63) is 32.8 Å². The maximum atomic E-state index is 12.3. The molecule has 1 aromatic rings. The number of likely N-dealkylation sites (tertiary alicyclic amines) is 2. The molecule has 0 unspecified atom stereocenters. The number of carbonyl (C=O) groups excluding carboxylic acids is 2. The maximum Gasteiger partial charge on any atom is 0.410 e. The van der Waals surface area contributed by atoms with Crippen LogP contribution in [0, 0.1) is 10.1 Å². The van der Waals surface area contributed by atoms with Crippen LogP contribution in [-0.4, -0.2) is 70.6 Å². The minimum absolute atomic E-state index is 0.0369. The van der Waals surface area contributed by atoms with Crippen LogP contribution in [0.5, 0.6) is 5.75 Å². The molecule has 2 heterocycles. The first-order valence-electron chi connectivity index (χ1n) is 10.1. The second-order valence-electron chi connectivity index (χ2n) is 8.80. The zero-order chi connectivity index (χ0) is 22.9. The van der Waals surface area contributed by atoms with Crippen LogP contribution < -0.4 is 10.5 Å². The lowest BCUT2D eigenvalue weighted by molar-refractivity contribution is -0.384. The average Bonchev–Trinajstić information content (AvgIpc) is 3.25. The van der Waals surface area contributed by atoms with Crippen LogP contribution in [0.25, 0.3) is 0 Å². The SMILES string of the molecule is CC(C)(C)OC(=O)N1C[C@@H]2C[C@H]1CN2CCCOc1cc(C(N)=O)cc([N+](=O)[O-])c1Cl. The Morgan fingerprint density at radius 3 is 2.55 bits per heavy atom. The van der Waals surface area contributed by atoms with E-state index in [4.69, 9.17) is 26.8 Å². The lowest BCUT2D eigenvalue weighted by Crippen LogP contribution is -2.50. The number of nitrogens with two attached hydrogens (primary N) is 1. The number of fused-ring (bicyclic) bond motifs is 2. The number of nitro groups is 1. The van der Waals surface area contributed by atoms with E-state index in [9.17, 15) is 19.7 Å². The summed E-state index contributed by atoms with van der Waals surface area (Å²) in [7, 11) is 0. The zero-order valence-electron chi connectivity index (χ0n) is 17.8. The topological polar surface area (TPSA) is 128 Å². The van der Waals surface area contributed by atoms with Crippen molar-refractivity contribution in [3.63, 3.8) is 0 Å². The van der Waals surface area contributed by atoms with Crippen molar-refractivity contribution in [1.82, 2.24) is 9.80 Å². The smallest absolute Gasteiger partial charge is 0.410 e. The number of carbonyl (C=O) groups is 2. The summed E-state index contributed by atoms with van der Waals surface area (Å²) in [6.07, 6.45) is 1.30. The fourth-order valence-corrected chi connectivity index (χ4v) is 4.21. The van der Waals surface area contributed by atoms with Crippen LogP contribution in [0.15, 0.2) is 12.1 Å². The molecule has 2 fully saturated rings. The second-order valence-corrected chi connectivity index (χ2v) is 9.18. The van der Waals surface area contributed by atoms with Gasteiger partial charge in [-0.05, 0) is 39.7 Å². The number of hydrogen-bond acceptors (Lipinski definition) is 7. The van der Waals surface area contributed by atoms with Crippen LogP contribution in [-0.2, 0) is 4.74 Å². The fraction of sp³-hybridized carbons (Fsp3) is 0.600. The lowest BCUT2D eigenvalue weighted by Gasteiger charge is -2.35. The van der Waals surface area contributed by atoms with E-state index in [1.54, 1.807) is 4.90 Å². The molecule has 2 aliphatic heterocycles. The summed E-state index contributed by atoms with van der Waals surface area (Å²) >= 11 is 6.05. The van der Waals surface area contributed by atoms with Crippen molar-refractivity contribution < 1.29 is 24.0 Å². The van der Waals surface area contributed by atoms with E-state index >= 15 is 0 Å². The van der Waals surface area contributed by atoms with Crippen LogP contribution >= 0.6 is 11.6 Å². The van der Waals surface area contributed by atoms with Crippen LogP contribution in [0.4, 0.5) is 10.5 Å². The van der Waals surface area contributed by atoms with Gasteiger partial charge in [-0.2, -0.15) is 0 Å². The molecule has 2 aliphatic rings. The van der Waals surface area contributed by atoms with E-state index in [-0.39, 0.29) is 41.1 Å². The van der Waals surface area contributed by atoms with E-state index in [0.717, 1.165) is 25.6 Å². The molecule has 10 nitrogen and oxygen atoms in total. The van der Waals surface area contributed by atoms with Gasteiger partial charge in [-0.1, -0.05) is 11.6 Å². The first-order chi connectivity index (χ1) is 14.5. The van der Waals surface area contributed by atoms with E-state index in [0.29, 0.717) is 13.0 Å². The molecule has 2 saturated heterocycles. The number of rotatable bonds is 7. The third-order valence-corrected chi connectivity index (χ3v) is 5.71. The van der Waals surface area contributed by atoms with Crippen LogP contribution in [0.3, 0.4) is 0 Å². The molecule has 0 radical (unpaired) electrons. The normalized spacial score (nSPS) is 20.7. The Hall–Kier alpha value is -2.59. The van der Waals surface area contributed by atoms with E-state index in [1.807, 2.05) is 20.8 Å². The average molecular weight is 455 g/mol. The summed E-state index contributed by atoms with van der Waals surface area (Å²) in [5.41, 5.74) is 4.26. The minimum atomic E-state index is -0.799. The second kappa shape index (κ2) is 8.88. The molecular formula is C20H27ClN4O6. The summed E-state index contributed by atoms with van der Waals surface area (Å²) < 4.78 is 11.1. The van der Waals surface area contributed by atoms with E-state index in [2.05, 4.69) is 4.90 Å². The molecule has 0 spiro atoms. The lowest BCUT2D eigenvalue weighted by atomic mass is 10.2. The first-order valence-corrected chi connectivity index (χ1v) is 10.5. The van der Waals surface area contributed by atoms with Gasteiger partial charge in [0.25, 0.3) is 5.69 Å². The number of primary amides is 1. The monoisotopic (exact) mass is 454 g/mol. The van der Waals surface area contributed by atoms with Crippen molar-refractivity contribution in [1.29, 1.82) is 0 Å². The summed E-state index contributed by atoms with van der Waals surface area (Å²) in [5, 5.41) is 11.0. The van der Waals surface area contributed by atoms with Gasteiger partial charge in [0, 0.05) is 43.3 Å². The Morgan fingerprint density at radius 1 is 1.29 bits per heavy atom. The summed E-state index contributed by atoms with van der Waals surface area (Å²) in [6, 6.07) is 2.77. The van der Waals surface area contributed by atoms with Gasteiger partial charge >= 0.3 is 6.09 Å². The highest BCUT2D eigenvalue weighted by Gasteiger charge is 2.46. The number of halogens is 1. The highest BCUT2D eigenvalue weighted by atomic mass is 35.5. The quantitative estimate of drug-likeness (QED) is 0.381. The number of hydrogen-bond donors (Lipinski definition) is 1. The molecule has 31 heavy (non-hydrogen) atoms.